The van der Waals surface area contributed by atoms with Crippen molar-refractivity contribution in [1.82, 2.24) is 20.4 Å². The van der Waals surface area contributed by atoms with Crippen LogP contribution in [-0.4, -0.2) is 43.0 Å². The van der Waals surface area contributed by atoms with Crippen LogP contribution >= 0.6 is 24.0 Å². The molecule has 2 N–H and O–H groups in total. The zero-order chi connectivity index (χ0) is 19.6. The third-order valence-electron chi connectivity index (χ3n) is 4.15. The molecule has 1 aromatic heterocycles. The van der Waals surface area contributed by atoms with Gasteiger partial charge in [-0.15, -0.1) is 24.0 Å². The van der Waals surface area contributed by atoms with Crippen molar-refractivity contribution in [2.24, 2.45) is 4.99 Å². The molecule has 0 fully saturated rings. The van der Waals surface area contributed by atoms with E-state index in [4.69, 9.17) is 9.47 Å². The second kappa shape index (κ2) is 12.5. The third kappa shape index (κ3) is 7.21. The van der Waals surface area contributed by atoms with E-state index in [0.717, 1.165) is 48.2 Å². The molecule has 0 saturated heterocycles. The molecule has 0 atom stereocenters. The van der Waals surface area contributed by atoms with E-state index in [0.29, 0.717) is 13.2 Å². The van der Waals surface area contributed by atoms with Crippen LogP contribution in [0.1, 0.15) is 30.3 Å². The van der Waals surface area contributed by atoms with Crippen molar-refractivity contribution in [2.45, 2.75) is 40.3 Å². The fourth-order valence-corrected chi connectivity index (χ4v) is 2.84. The van der Waals surface area contributed by atoms with E-state index in [9.17, 15) is 0 Å². The molecule has 1 aromatic carbocycles. The average Bonchev–Trinajstić information content (AvgIpc) is 2.98. The van der Waals surface area contributed by atoms with Crippen LogP contribution in [0.15, 0.2) is 29.3 Å². The average molecular weight is 501 g/mol. The highest BCUT2D eigenvalue weighted by molar-refractivity contribution is 14.0. The van der Waals surface area contributed by atoms with Gasteiger partial charge in [0, 0.05) is 32.4 Å². The van der Waals surface area contributed by atoms with Gasteiger partial charge in [-0.2, -0.15) is 5.10 Å². The number of methoxy groups -OCH3 is 1. The summed E-state index contributed by atoms with van der Waals surface area (Å²) in [5, 5.41) is 11.1. The molecule has 0 radical (unpaired) electrons. The summed E-state index contributed by atoms with van der Waals surface area (Å²) >= 11 is 0. The first-order chi connectivity index (χ1) is 13.1. The quantitative estimate of drug-likeness (QED) is 0.239. The number of halogens is 1. The number of aryl methyl sites for hydroxylation is 3. The van der Waals surface area contributed by atoms with Crippen molar-refractivity contribution in [3.8, 4) is 11.5 Å². The highest BCUT2D eigenvalue weighted by Gasteiger charge is 2.06. The highest BCUT2D eigenvalue weighted by Crippen LogP contribution is 2.27. The van der Waals surface area contributed by atoms with Crippen molar-refractivity contribution >= 4 is 29.9 Å². The van der Waals surface area contributed by atoms with Gasteiger partial charge in [-0.3, -0.25) is 9.67 Å². The molecule has 0 aliphatic heterocycles. The molecule has 2 rings (SSSR count). The number of nitrogens with zero attached hydrogens (tertiary/aromatic N) is 3. The zero-order valence-electron chi connectivity index (χ0n) is 17.4. The fraction of sp³-hybridized carbons (Fsp3) is 0.500. The number of nitrogens with one attached hydrogen (secondary N) is 2. The lowest BCUT2D eigenvalue weighted by Crippen LogP contribution is -2.37. The van der Waals surface area contributed by atoms with Crippen molar-refractivity contribution in [3.63, 3.8) is 0 Å². The Morgan fingerprint density at radius 2 is 1.96 bits per heavy atom. The molecule has 0 aliphatic carbocycles. The summed E-state index contributed by atoms with van der Waals surface area (Å²) in [7, 11) is 3.42. The molecule has 0 bridgehead atoms. The normalized spacial score (nSPS) is 11.0. The van der Waals surface area contributed by atoms with Gasteiger partial charge in [-0.05, 0) is 51.0 Å². The van der Waals surface area contributed by atoms with E-state index in [-0.39, 0.29) is 24.0 Å². The standard InChI is InChI=1S/C20H31N5O2.HI/c1-6-27-19-13-17(8-9-18(19)26-5)14-23-20(21-4)22-10-7-11-25-16(3)12-15(2)24-25;/h8-9,12-13H,6-7,10-11,14H2,1-5H3,(H2,21,22,23);1H. The molecule has 0 amide bonds. The van der Waals surface area contributed by atoms with Gasteiger partial charge in [0.25, 0.3) is 0 Å². The van der Waals surface area contributed by atoms with Gasteiger partial charge in [-0.25, -0.2) is 0 Å². The van der Waals surface area contributed by atoms with Crippen LogP contribution in [0, 0.1) is 13.8 Å². The largest absolute Gasteiger partial charge is 0.493 e. The van der Waals surface area contributed by atoms with Crippen molar-refractivity contribution < 1.29 is 9.47 Å². The summed E-state index contributed by atoms with van der Waals surface area (Å²) in [4.78, 5) is 4.28. The lowest BCUT2D eigenvalue weighted by atomic mass is 10.2. The SMILES string of the molecule is CCOc1cc(CNC(=NC)NCCCn2nc(C)cc2C)ccc1OC.I. The molecule has 0 saturated carbocycles. The molecule has 1 heterocycles. The number of aromatic nitrogens is 2. The van der Waals surface area contributed by atoms with Gasteiger partial charge in [0.05, 0.1) is 19.4 Å². The molecule has 2 aromatic rings. The number of hydrogen-bond acceptors (Lipinski definition) is 4. The lowest BCUT2D eigenvalue weighted by Gasteiger charge is -2.14. The van der Waals surface area contributed by atoms with Gasteiger partial charge in [0.15, 0.2) is 17.5 Å². The smallest absolute Gasteiger partial charge is 0.191 e. The molecule has 7 nitrogen and oxygen atoms in total. The Hall–Kier alpha value is -1.97. The van der Waals surface area contributed by atoms with E-state index < -0.39 is 0 Å². The number of rotatable bonds is 9. The molecule has 156 valence electrons. The molecular weight excluding hydrogens is 469 g/mol. The van der Waals surface area contributed by atoms with E-state index in [1.807, 2.05) is 36.7 Å². The van der Waals surface area contributed by atoms with Crippen LogP contribution in [0.3, 0.4) is 0 Å². The van der Waals surface area contributed by atoms with E-state index >= 15 is 0 Å². The molecule has 0 aliphatic rings. The van der Waals surface area contributed by atoms with E-state index in [2.05, 4.69) is 33.7 Å². The van der Waals surface area contributed by atoms with Crippen LogP contribution in [-0.2, 0) is 13.1 Å². The van der Waals surface area contributed by atoms with Gasteiger partial charge >= 0.3 is 0 Å². The Morgan fingerprint density at radius 3 is 2.57 bits per heavy atom. The topological polar surface area (TPSA) is 72.7 Å². The Bertz CT molecular complexity index is 761. The van der Waals surface area contributed by atoms with Gasteiger partial charge in [0.2, 0.25) is 0 Å². The minimum absolute atomic E-state index is 0. The van der Waals surface area contributed by atoms with Crippen LogP contribution in [0.2, 0.25) is 0 Å². The van der Waals surface area contributed by atoms with Crippen molar-refractivity contribution in [2.75, 3.05) is 27.3 Å². The second-order valence-electron chi connectivity index (χ2n) is 6.27. The number of ether oxygens (including phenoxy) is 2. The second-order valence-corrected chi connectivity index (χ2v) is 6.27. The van der Waals surface area contributed by atoms with Crippen LogP contribution < -0.4 is 20.1 Å². The van der Waals surface area contributed by atoms with Gasteiger partial charge < -0.3 is 20.1 Å². The van der Waals surface area contributed by atoms with Crippen LogP contribution in [0.5, 0.6) is 11.5 Å². The first-order valence-electron chi connectivity index (χ1n) is 9.32. The van der Waals surface area contributed by atoms with E-state index in [1.54, 1.807) is 14.2 Å². The Balaban J connectivity index is 0.00000392. The molecule has 0 spiro atoms. The summed E-state index contributed by atoms with van der Waals surface area (Å²) in [6, 6.07) is 8.03. The summed E-state index contributed by atoms with van der Waals surface area (Å²) in [5.74, 6) is 2.27. The minimum Gasteiger partial charge on any atom is -0.493 e. The molecule has 8 heteroatoms. The molecule has 0 unspecified atom stereocenters. The monoisotopic (exact) mass is 501 g/mol. The minimum atomic E-state index is 0. The predicted octanol–water partition coefficient (Wildman–Crippen LogP) is 3.28. The summed E-state index contributed by atoms with van der Waals surface area (Å²) in [5.41, 5.74) is 3.35. The van der Waals surface area contributed by atoms with Gasteiger partial charge in [-0.1, -0.05) is 6.07 Å². The maximum atomic E-state index is 5.63. The molecule has 28 heavy (non-hydrogen) atoms. The molecular formula is C20H32IN5O2. The van der Waals surface area contributed by atoms with Crippen LogP contribution in [0.4, 0.5) is 0 Å². The van der Waals surface area contributed by atoms with E-state index in [1.165, 1.54) is 5.69 Å². The first-order valence-corrected chi connectivity index (χ1v) is 9.32. The number of guanidine groups is 1. The summed E-state index contributed by atoms with van der Waals surface area (Å²) in [6.45, 7) is 9.03. The predicted molar refractivity (Wildman–Crippen MR) is 124 cm³/mol. The maximum Gasteiger partial charge on any atom is 0.191 e. The summed E-state index contributed by atoms with van der Waals surface area (Å²) < 4.78 is 13.0. The van der Waals surface area contributed by atoms with Gasteiger partial charge in [0.1, 0.15) is 0 Å². The number of benzene rings is 1. The lowest BCUT2D eigenvalue weighted by molar-refractivity contribution is 0.310. The Kier molecular flexibility index (Phi) is 10.7. The van der Waals surface area contributed by atoms with Crippen LogP contribution in [0.25, 0.3) is 0 Å². The zero-order valence-corrected chi connectivity index (χ0v) is 19.7. The first kappa shape index (κ1) is 24.1. The maximum absolute atomic E-state index is 5.63. The third-order valence-corrected chi connectivity index (χ3v) is 4.15. The summed E-state index contributed by atoms with van der Waals surface area (Å²) in [6.07, 6.45) is 0.972. The highest BCUT2D eigenvalue weighted by atomic mass is 127. The Morgan fingerprint density at radius 1 is 1.18 bits per heavy atom. The van der Waals surface area contributed by atoms with Crippen molar-refractivity contribution in [3.05, 3.63) is 41.2 Å². The Labute approximate surface area is 184 Å². The number of hydrogen-bond donors (Lipinski definition) is 2. The van der Waals surface area contributed by atoms with Crippen molar-refractivity contribution in [1.29, 1.82) is 0 Å². The number of aliphatic imine (C=N–C) groups is 1. The fourth-order valence-electron chi connectivity index (χ4n) is 2.84.